The molecule has 0 amide bonds. The molecule has 0 radical (unpaired) electrons. The van der Waals surface area contributed by atoms with Crippen molar-refractivity contribution in [2.24, 2.45) is 0 Å². The number of benzene rings is 1. The Bertz CT molecular complexity index is 1130. The number of anilines is 3. The Morgan fingerprint density at radius 1 is 1.16 bits per heavy atom. The highest BCUT2D eigenvalue weighted by molar-refractivity contribution is 5.65. The van der Waals surface area contributed by atoms with Gasteiger partial charge in [-0.1, -0.05) is 6.07 Å². The van der Waals surface area contributed by atoms with Crippen LogP contribution in [0.1, 0.15) is 18.2 Å². The van der Waals surface area contributed by atoms with Crippen molar-refractivity contribution in [3.05, 3.63) is 64.1 Å². The number of ether oxygens (including phenoxy) is 1. The zero-order chi connectivity index (χ0) is 21.2. The van der Waals surface area contributed by atoms with E-state index in [-0.39, 0.29) is 11.6 Å². The van der Waals surface area contributed by atoms with Crippen molar-refractivity contribution in [3.63, 3.8) is 0 Å². The number of rotatable bonds is 4. The minimum atomic E-state index is -0.137. The SMILES string of the molecule is C[C@H]1COCCN1c1nc(-c2ccc(Nc3cccc(=O)[nH]3)cc2)nc2c1CCNC2. The van der Waals surface area contributed by atoms with Gasteiger partial charge in [-0.3, -0.25) is 4.79 Å². The Morgan fingerprint density at radius 3 is 2.84 bits per heavy atom. The number of nitrogens with zero attached hydrogens (tertiary/aromatic N) is 3. The van der Waals surface area contributed by atoms with Crippen LogP contribution < -0.4 is 21.1 Å². The number of aromatic amines is 1. The first-order chi connectivity index (χ1) is 15.2. The lowest BCUT2D eigenvalue weighted by atomic mass is 10.0. The zero-order valence-electron chi connectivity index (χ0n) is 17.5. The highest BCUT2D eigenvalue weighted by Gasteiger charge is 2.27. The topological polar surface area (TPSA) is 95.2 Å². The van der Waals surface area contributed by atoms with Gasteiger partial charge in [0, 0.05) is 36.0 Å². The molecule has 8 heteroatoms. The molecular weight excluding hydrogens is 392 g/mol. The predicted molar refractivity (Wildman–Crippen MR) is 121 cm³/mol. The van der Waals surface area contributed by atoms with Crippen LogP contribution in [0.25, 0.3) is 11.4 Å². The van der Waals surface area contributed by atoms with Gasteiger partial charge in [0.15, 0.2) is 5.82 Å². The third-order valence-corrected chi connectivity index (χ3v) is 5.75. The molecule has 31 heavy (non-hydrogen) atoms. The lowest BCUT2D eigenvalue weighted by Gasteiger charge is -2.36. The summed E-state index contributed by atoms with van der Waals surface area (Å²) in [6.07, 6.45) is 0.938. The standard InChI is InChI=1S/C23H26N6O2/c1-15-14-31-12-11-29(15)23-18-9-10-24-13-19(18)26-22(28-23)16-5-7-17(8-6-16)25-20-3-2-4-21(30)27-20/h2-8,15,24H,9-14H2,1H3,(H2,25,27,30)/t15-/m0/s1. The first-order valence-electron chi connectivity index (χ1n) is 10.7. The summed E-state index contributed by atoms with van der Waals surface area (Å²) >= 11 is 0. The maximum Gasteiger partial charge on any atom is 0.249 e. The van der Waals surface area contributed by atoms with Crippen molar-refractivity contribution in [2.45, 2.75) is 25.9 Å². The zero-order valence-corrected chi connectivity index (χ0v) is 17.5. The van der Waals surface area contributed by atoms with E-state index < -0.39 is 0 Å². The molecule has 0 bridgehead atoms. The van der Waals surface area contributed by atoms with E-state index in [4.69, 9.17) is 14.7 Å². The second-order valence-corrected chi connectivity index (χ2v) is 7.97. The summed E-state index contributed by atoms with van der Waals surface area (Å²) in [6, 6.07) is 13.3. The summed E-state index contributed by atoms with van der Waals surface area (Å²) < 4.78 is 5.64. The lowest BCUT2D eigenvalue weighted by molar-refractivity contribution is 0.0984. The molecular formula is C23H26N6O2. The van der Waals surface area contributed by atoms with Gasteiger partial charge in [-0.05, 0) is 50.2 Å². The first kappa shape index (κ1) is 19.7. The van der Waals surface area contributed by atoms with Crippen LogP contribution in [0, 0.1) is 0 Å². The first-order valence-corrected chi connectivity index (χ1v) is 10.7. The van der Waals surface area contributed by atoms with Crippen molar-refractivity contribution < 1.29 is 4.74 Å². The lowest BCUT2D eigenvalue weighted by Crippen LogP contribution is -2.45. The van der Waals surface area contributed by atoms with Gasteiger partial charge in [0.2, 0.25) is 5.56 Å². The molecule has 5 rings (SSSR count). The predicted octanol–water partition coefficient (Wildman–Crippen LogP) is 2.45. The maximum absolute atomic E-state index is 11.5. The Hall–Kier alpha value is -3.23. The van der Waals surface area contributed by atoms with Crippen LogP contribution in [0.3, 0.4) is 0 Å². The van der Waals surface area contributed by atoms with Gasteiger partial charge in [-0.15, -0.1) is 0 Å². The molecule has 0 aliphatic carbocycles. The Balaban J connectivity index is 1.47. The number of hydrogen-bond donors (Lipinski definition) is 3. The van der Waals surface area contributed by atoms with E-state index in [0.717, 1.165) is 61.2 Å². The second kappa shape index (κ2) is 8.49. The Morgan fingerprint density at radius 2 is 2.03 bits per heavy atom. The Kier molecular flexibility index (Phi) is 5.40. The number of H-pyrrole nitrogens is 1. The molecule has 1 atom stereocenters. The molecule has 8 nitrogen and oxygen atoms in total. The van der Waals surface area contributed by atoms with Gasteiger partial charge in [0.05, 0.1) is 24.9 Å². The molecule has 2 aliphatic rings. The van der Waals surface area contributed by atoms with Crippen molar-refractivity contribution in [1.82, 2.24) is 20.3 Å². The fourth-order valence-corrected chi connectivity index (χ4v) is 4.13. The minimum absolute atomic E-state index is 0.137. The molecule has 1 saturated heterocycles. The number of aromatic nitrogens is 3. The average Bonchev–Trinajstić information content (AvgIpc) is 2.79. The summed E-state index contributed by atoms with van der Waals surface area (Å²) in [6.45, 7) is 6.17. The van der Waals surface area contributed by atoms with Crippen molar-refractivity contribution in [3.8, 4) is 11.4 Å². The summed E-state index contributed by atoms with van der Waals surface area (Å²) in [7, 11) is 0. The monoisotopic (exact) mass is 418 g/mol. The van der Waals surface area contributed by atoms with Crippen LogP contribution in [0.15, 0.2) is 47.3 Å². The Labute approximate surface area is 180 Å². The fraction of sp³-hybridized carbons (Fsp3) is 0.348. The van der Waals surface area contributed by atoms with Gasteiger partial charge in [-0.2, -0.15) is 0 Å². The number of fused-ring (bicyclic) bond motifs is 1. The molecule has 160 valence electrons. The molecule has 4 heterocycles. The van der Waals surface area contributed by atoms with Crippen molar-refractivity contribution in [1.29, 1.82) is 0 Å². The molecule has 0 unspecified atom stereocenters. The highest BCUT2D eigenvalue weighted by Crippen LogP contribution is 2.30. The quantitative estimate of drug-likeness (QED) is 0.599. The smallest absolute Gasteiger partial charge is 0.249 e. The molecule has 2 aromatic heterocycles. The molecule has 1 fully saturated rings. The number of hydrogen-bond acceptors (Lipinski definition) is 7. The van der Waals surface area contributed by atoms with Gasteiger partial charge in [0.25, 0.3) is 0 Å². The van der Waals surface area contributed by atoms with Crippen LogP contribution in [-0.2, 0) is 17.7 Å². The molecule has 3 aromatic rings. The van der Waals surface area contributed by atoms with E-state index in [9.17, 15) is 4.79 Å². The van der Waals surface area contributed by atoms with E-state index in [1.165, 1.54) is 11.6 Å². The number of pyridine rings is 1. The maximum atomic E-state index is 11.5. The van der Waals surface area contributed by atoms with E-state index in [1.807, 2.05) is 30.3 Å². The molecule has 0 saturated carbocycles. The van der Waals surface area contributed by atoms with Gasteiger partial charge >= 0.3 is 0 Å². The summed E-state index contributed by atoms with van der Waals surface area (Å²) in [5.41, 5.74) is 4.04. The van der Waals surface area contributed by atoms with E-state index in [0.29, 0.717) is 12.4 Å². The molecule has 3 N–H and O–H groups in total. The van der Waals surface area contributed by atoms with E-state index in [2.05, 4.69) is 27.4 Å². The summed E-state index contributed by atoms with van der Waals surface area (Å²) in [5, 5.41) is 6.64. The third-order valence-electron chi connectivity index (χ3n) is 5.75. The molecule has 0 spiro atoms. The van der Waals surface area contributed by atoms with E-state index in [1.54, 1.807) is 6.07 Å². The second-order valence-electron chi connectivity index (χ2n) is 7.97. The van der Waals surface area contributed by atoms with Crippen LogP contribution in [0.4, 0.5) is 17.3 Å². The summed E-state index contributed by atoms with van der Waals surface area (Å²) in [4.78, 5) is 26.5. The third kappa shape index (κ3) is 4.17. The van der Waals surface area contributed by atoms with Crippen LogP contribution in [-0.4, -0.2) is 47.3 Å². The molecule has 1 aromatic carbocycles. The minimum Gasteiger partial charge on any atom is -0.377 e. The van der Waals surface area contributed by atoms with Crippen LogP contribution >= 0.6 is 0 Å². The van der Waals surface area contributed by atoms with Crippen molar-refractivity contribution in [2.75, 3.05) is 36.5 Å². The highest BCUT2D eigenvalue weighted by atomic mass is 16.5. The van der Waals surface area contributed by atoms with Gasteiger partial charge in [0.1, 0.15) is 11.6 Å². The van der Waals surface area contributed by atoms with Gasteiger partial charge < -0.3 is 25.3 Å². The van der Waals surface area contributed by atoms with Crippen molar-refractivity contribution >= 4 is 17.3 Å². The fourth-order valence-electron chi connectivity index (χ4n) is 4.13. The molecule has 2 aliphatic heterocycles. The summed E-state index contributed by atoms with van der Waals surface area (Å²) in [5.74, 6) is 2.43. The van der Waals surface area contributed by atoms with Crippen LogP contribution in [0.5, 0.6) is 0 Å². The number of morpholine rings is 1. The normalized spacial score (nSPS) is 18.5. The van der Waals surface area contributed by atoms with E-state index >= 15 is 0 Å². The average molecular weight is 419 g/mol. The van der Waals surface area contributed by atoms with Gasteiger partial charge in [-0.25, -0.2) is 9.97 Å². The largest absolute Gasteiger partial charge is 0.377 e. The number of nitrogens with one attached hydrogen (secondary N) is 3. The van der Waals surface area contributed by atoms with Crippen LogP contribution in [0.2, 0.25) is 0 Å².